The van der Waals surface area contributed by atoms with Gasteiger partial charge in [0.15, 0.2) is 5.82 Å². The molecule has 9 heteroatoms. The SMILES string of the molecule is CCOC(=O)CCCNS(=O)(=O)c1ccc(F)c(N)c1F. The van der Waals surface area contributed by atoms with Crippen molar-refractivity contribution in [3.05, 3.63) is 23.8 Å². The number of hydrogen-bond donors (Lipinski definition) is 2. The van der Waals surface area contributed by atoms with Crippen molar-refractivity contribution in [1.29, 1.82) is 0 Å². The second kappa shape index (κ2) is 7.32. The Morgan fingerprint density at radius 1 is 1.38 bits per heavy atom. The molecule has 0 unspecified atom stereocenters. The molecule has 0 heterocycles. The Balaban J connectivity index is 2.67. The number of hydrogen-bond acceptors (Lipinski definition) is 5. The van der Waals surface area contributed by atoms with Crippen LogP contribution < -0.4 is 10.5 Å². The van der Waals surface area contributed by atoms with E-state index in [4.69, 9.17) is 5.73 Å². The third-order valence-corrected chi connectivity index (χ3v) is 4.01. The molecule has 0 fully saturated rings. The number of anilines is 1. The van der Waals surface area contributed by atoms with E-state index in [0.29, 0.717) is 0 Å². The van der Waals surface area contributed by atoms with Gasteiger partial charge in [-0.1, -0.05) is 0 Å². The maximum atomic E-state index is 13.6. The molecule has 6 nitrogen and oxygen atoms in total. The molecule has 0 radical (unpaired) electrons. The number of carbonyl (C=O) groups excluding carboxylic acids is 1. The molecule has 21 heavy (non-hydrogen) atoms. The Morgan fingerprint density at radius 3 is 2.67 bits per heavy atom. The summed E-state index contributed by atoms with van der Waals surface area (Å²) < 4.78 is 57.1. The quantitative estimate of drug-likeness (QED) is 0.446. The van der Waals surface area contributed by atoms with Gasteiger partial charge in [-0.25, -0.2) is 21.9 Å². The third-order valence-electron chi connectivity index (χ3n) is 2.54. The summed E-state index contributed by atoms with van der Waals surface area (Å²) in [7, 11) is -4.16. The molecule has 118 valence electrons. The van der Waals surface area contributed by atoms with E-state index < -0.39 is 38.2 Å². The van der Waals surface area contributed by atoms with Crippen molar-refractivity contribution in [1.82, 2.24) is 4.72 Å². The Bertz CT molecular complexity index is 620. The molecule has 0 bridgehead atoms. The lowest BCUT2D eigenvalue weighted by molar-refractivity contribution is -0.143. The number of rotatable bonds is 7. The van der Waals surface area contributed by atoms with E-state index in [1.54, 1.807) is 6.92 Å². The van der Waals surface area contributed by atoms with Gasteiger partial charge < -0.3 is 10.5 Å². The molecule has 0 aliphatic rings. The van der Waals surface area contributed by atoms with E-state index in [9.17, 15) is 22.0 Å². The number of ether oxygens (including phenoxy) is 1. The predicted octanol–water partition coefficient (Wildman–Crippen LogP) is 1.17. The van der Waals surface area contributed by atoms with Crippen LogP contribution in [0.4, 0.5) is 14.5 Å². The number of nitrogen functional groups attached to an aromatic ring is 1. The first kappa shape index (κ1) is 17.3. The van der Waals surface area contributed by atoms with Gasteiger partial charge in [-0.3, -0.25) is 4.79 Å². The molecule has 0 aliphatic carbocycles. The van der Waals surface area contributed by atoms with Crippen LogP contribution in [-0.2, 0) is 19.6 Å². The summed E-state index contributed by atoms with van der Waals surface area (Å²) in [6.07, 6.45) is 0.223. The average molecular weight is 322 g/mol. The van der Waals surface area contributed by atoms with Gasteiger partial charge in [0.05, 0.1) is 6.61 Å². The highest BCUT2D eigenvalue weighted by molar-refractivity contribution is 7.89. The molecular formula is C12H16F2N2O4S. The Kier molecular flexibility index (Phi) is 6.03. The van der Waals surface area contributed by atoms with Gasteiger partial charge in [0.2, 0.25) is 10.0 Å². The first-order valence-corrected chi connectivity index (χ1v) is 7.66. The second-order valence-electron chi connectivity index (χ2n) is 4.08. The topological polar surface area (TPSA) is 98.5 Å². The number of halogens is 2. The number of sulfonamides is 1. The van der Waals surface area contributed by atoms with Gasteiger partial charge in [-0.15, -0.1) is 0 Å². The van der Waals surface area contributed by atoms with Crippen molar-refractivity contribution in [2.24, 2.45) is 0 Å². The van der Waals surface area contributed by atoms with Crippen LogP contribution in [0, 0.1) is 11.6 Å². The molecule has 0 aromatic heterocycles. The van der Waals surface area contributed by atoms with Crippen LogP contribution in [0.3, 0.4) is 0 Å². The minimum atomic E-state index is -4.16. The number of nitrogens with one attached hydrogen (secondary N) is 1. The van der Waals surface area contributed by atoms with Crippen molar-refractivity contribution in [2.45, 2.75) is 24.7 Å². The van der Waals surface area contributed by atoms with Crippen molar-refractivity contribution in [3.63, 3.8) is 0 Å². The fourth-order valence-corrected chi connectivity index (χ4v) is 2.67. The zero-order chi connectivity index (χ0) is 16.0. The second-order valence-corrected chi connectivity index (χ2v) is 5.81. The van der Waals surface area contributed by atoms with Crippen LogP contribution in [0.15, 0.2) is 17.0 Å². The molecule has 1 aromatic rings. The monoisotopic (exact) mass is 322 g/mol. The van der Waals surface area contributed by atoms with Crippen LogP contribution in [0.5, 0.6) is 0 Å². The van der Waals surface area contributed by atoms with E-state index in [0.717, 1.165) is 12.1 Å². The smallest absolute Gasteiger partial charge is 0.305 e. The summed E-state index contributed by atoms with van der Waals surface area (Å²) in [5, 5.41) is 0. The van der Waals surface area contributed by atoms with E-state index >= 15 is 0 Å². The molecule has 0 saturated heterocycles. The van der Waals surface area contributed by atoms with Crippen LogP contribution in [-0.4, -0.2) is 27.5 Å². The molecule has 0 aliphatic heterocycles. The van der Waals surface area contributed by atoms with Gasteiger partial charge in [-0.2, -0.15) is 0 Å². The number of carbonyl (C=O) groups is 1. The predicted molar refractivity (Wildman–Crippen MR) is 71.8 cm³/mol. The van der Waals surface area contributed by atoms with E-state index in [2.05, 4.69) is 9.46 Å². The highest BCUT2D eigenvalue weighted by atomic mass is 32.2. The van der Waals surface area contributed by atoms with Crippen LogP contribution in [0.25, 0.3) is 0 Å². The highest BCUT2D eigenvalue weighted by Gasteiger charge is 2.22. The maximum Gasteiger partial charge on any atom is 0.305 e. The number of esters is 1. The fourth-order valence-electron chi connectivity index (χ4n) is 1.51. The molecule has 1 rings (SSSR count). The maximum absolute atomic E-state index is 13.6. The molecule has 0 amide bonds. The van der Waals surface area contributed by atoms with Crippen LogP contribution in [0.2, 0.25) is 0 Å². The first-order chi connectivity index (χ1) is 9.79. The molecule has 1 aromatic carbocycles. The zero-order valence-electron chi connectivity index (χ0n) is 11.4. The van der Waals surface area contributed by atoms with Gasteiger partial charge in [0.25, 0.3) is 0 Å². The third kappa shape index (κ3) is 4.64. The van der Waals surface area contributed by atoms with Gasteiger partial charge >= 0.3 is 5.97 Å². The summed E-state index contributed by atoms with van der Waals surface area (Å²) in [6, 6.07) is 1.56. The normalized spacial score (nSPS) is 11.4. The lowest BCUT2D eigenvalue weighted by atomic mass is 10.3. The van der Waals surface area contributed by atoms with Crippen molar-refractivity contribution in [3.8, 4) is 0 Å². The minimum Gasteiger partial charge on any atom is -0.466 e. The van der Waals surface area contributed by atoms with E-state index in [1.807, 2.05) is 0 Å². The average Bonchev–Trinajstić information content (AvgIpc) is 2.41. The highest BCUT2D eigenvalue weighted by Crippen LogP contribution is 2.22. The van der Waals surface area contributed by atoms with Crippen molar-refractivity contribution in [2.75, 3.05) is 18.9 Å². The van der Waals surface area contributed by atoms with Crippen LogP contribution >= 0.6 is 0 Å². The zero-order valence-corrected chi connectivity index (χ0v) is 12.2. The van der Waals surface area contributed by atoms with E-state index in [1.165, 1.54) is 0 Å². The van der Waals surface area contributed by atoms with Gasteiger partial charge in [0.1, 0.15) is 16.4 Å². The van der Waals surface area contributed by atoms with Crippen molar-refractivity contribution >= 4 is 21.7 Å². The molecular weight excluding hydrogens is 306 g/mol. The lowest BCUT2D eigenvalue weighted by Gasteiger charge is -2.09. The minimum absolute atomic E-state index is 0.0321. The van der Waals surface area contributed by atoms with Gasteiger partial charge in [0, 0.05) is 13.0 Å². The molecule has 0 spiro atoms. The largest absolute Gasteiger partial charge is 0.466 e. The van der Waals surface area contributed by atoms with Crippen molar-refractivity contribution < 1.29 is 26.7 Å². The van der Waals surface area contributed by atoms with Crippen LogP contribution in [0.1, 0.15) is 19.8 Å². The van der Waals surface area contributed by atoms with Gasteiger partial charge in [-0.05, 0) is 25.5 Å². The molecule has 0 saturated carbocycles. The summed E-state index contributed by atoms with van der Waals surface area (Å²) in [6.45, 7) is 1.81. The molecule has 0 atom stereocenters. The summed E-state index contributed by atoms with van der Waals surface area (Å²) in [4.78, 5) is 10.3. The summed E-state index contributed by atoms with van der Waals surface area (Å²) in [5.74, 6) is -2.82. The Labute approximate surface area is 121 Å². The Hall–Kier alpha value is -1.74. The lowest BCUT2D eigenvalue weighted by Crippen LogP contribution is -2.26. The first-order valence-electron chi connectivity index (χ1n) is 6.18. The number of nitrogens with two attached hydrogens (primary N) is 1. The number of benzene rings is 1. The summed E-state index contributed by atoms with van der Waals surface area (Å²) in [5.41, 5.74) is 4.25. The Morgan fingerprint density at radius 2 is 2.05 bits per heavy atom. The summed E-state index contributed by atoms with van der Waals surface area (Å²) >= 11 is 0. The van der Waals surface area contributed by atoms with E-state index in [-0.39, 0.29) is 26.0 Å². The molecule has 3 N–H and O–H groups in total. The standard InChI is InChI=1S/C12H16F2N2O4S/c1-2-20-10(17)4-3-7-16-21(18,19)9-6-5-8(13)12(15)11(9)14/h5-6,16H,2-4,7,15H2,1H3. The fraction of sp³-hybridized carbons (Fsp3) is 0.417.